The van der Waals surface area contributed by atoms with Crippen molar-refractivity contribution < 1.29 is 22.9 Å². The fourth-order valence-electron chi connectivity index (χ4n) is 2.34. The van der Waals surface area contributed by atoms with Crippen molar-refractivity contribution in [3.63, 3.8) is 0 Å². The van der Waals surface area contributed by atoms with Crippen molar-refractivity contribution in [1.29, 1.82) is 0 Å². The van der Waals surface area contributed by atoms with Crippen molar-refractivity contribution in [1.82, 2.24) is 5.43 Å². The van der Waals surface area contributed by atoms with E-state index < -0.39 is 27.4 Å². The number of carbonyl (C=O) groups is 1. The maximum atomic E-state index is 12.2. The van der Waals surface area contributed by atoms with E-state index in [1.165, 1.54) is 43.5 Å². The molecule has 0 fully saturated rings. The molecule has 0 saturated carbocycles. The molecule has 0 aliphatic heterocycles. The zero-order valence-electron chi connectivity index (χ0n) is 15.4. The number of amides is 1. The number of ether oxygens (including phenoxy) is 1. The summed E-state index contributed by atoms with van der Waals surface area (Å²) in [6.07, 6.45) is 2.03. The lowest BCUT2D eigenvalue weighted by molar-refractivity contribution is -0.385. The Morgan fingerprint density at radius 3 is 2.66 bits per heavy atom. The highest BCUT2D eigenvalue weighted by molar-refractivity contribution is 7.92. The van der Waals surface area contributed by atoms with Crippen LogP contribution in [0.1, 0.15) is 5.56 Å². The van der Waals surface area contributed by atoms with Crippen LogP contribution in [0.2, 0.25) is 5.02 Å². The van der Waals surface area contributed by atoms with E-state index in [9.17, 15) is 23.3 Å². The SMILES string of the molecule is COc1ccc(Cl)cc1N(CC(=O)N/N=C\c1ccccc1[N+](=O)[O-])S(C)(=O)=O. The zero-order chi connectivity index (χ0) is 21.6. The predicted molar refractivity (Wildman–Crippen MR) is 109 cm³/mol. The van der Waals surface area contributed by atoms with Gasteiger partial charge in [-0.25, -0.2) is 13.8 Å². The summed E-state index contributed by atoms with van der Waals surface area (Å²) in [6, 6.07) is 10.2. The Kier molecular flexibility index (Phi) is 7.13. The third-order valence-corrected chi connectivity index (χ3v) is 4.99. The Morgan fingerprint density at radius 2 is 2.03 bits per heavy atom. The van der Waals surface area contributed by atoms with Gasteiger partial charge in [-0.1, -0.05) is 23.7 Å². The summed E-state index contributed by atoms with van der Waals surface area (Å²) >= 11 is 5.94. The number of carbonyl (C=O) groups excluding carboxylic acids is 1. The van der Waals surface area contributed by atoms with E-state index in [0.717, 1.165) is 16.8 Å². The molecule has 0 unspecified atom stereocenters. The monoisotopic (exact) mass is 440 g/mol. The molecule has 0 bridgehead atoms. The third-order valence-electron chi connectivity index (χ3n) is 3.62. The van der Waals surface area contributed by atoms with Gasteiger partial charge in [-0.15, -0.1) is 0 Å². The minimum Gasteiger partial charge on any atom is -0.495 e. The summed E-state index contributed by atoms with van der Waals surface area (Å²) in [6.45, 7) is -0.607. The molecular formula is C17H17ClN4O6S. The Morgan fingerprint density at radius 1 is 1.34 bits per heavy atom. The first kappa shape index (κ1) is 22.1. The van der Waals surface area contributed by atoms with Gasteiger partial charge in [0.15, 0.2) is 0 Å². The molecule has 2 aromatic rings. The van der Waals surface area contributed by atoms with Gasteiger partial charge in [-0.2, -0.15) is 5.10 Å². The van der Waals surface area contributed by atoms with E-state index in [2.05, 4.69) is 10.5 Å². The Hall–Kier alpha value is -3.18. The number of anilines is 1. The van der Waals surface area contributed by atoms with Gasteiger partial charge < -0.3 is 4.74 Å². The number of nitrogens with one attached hydrogen (secondary N) is 1. The first-order chi connectivity index (χ1) is 13.6. The fourth-order valence-corrected chi connectivity index (χ4v) is 3.36. The van der Waals surface area contributed by atoms with Crippen LogP contribution < -0.4 is 14.5 Å². The number of hydrogen-bond donors (Lipinski definition) is 1. The molecule has 0 spiro atoms. The molecule has 0 aliphatic rings. The molecule has 1 N–H and O–H groups in total. The summed E-state index contributed by atoms with van der Waals surface area (Å²) in [5.41, 5.74) is 2.22. The molecule has 0 atom stereocenters. The molecule has 2 rings (SSSR count). The van der Waals surface area contributed by atoms with Crippen molar-refractivity contribution in [2.75, 3.05) is 24.2 Å². The first-order valence-electron chi connectivity index (χ1n) is 8.00. The molecule has 154 valence electrons. The number of halogens is 1. The van der Waals surface area contributed by atoms with Gasteiger partial charge in [-0.3, -0.25) is 19.2 Å². The number of nitro benzene ring substituents is 1. The summed E-state index contributed by atoms with van der Waals surface area (Å²) < 4.78 is 30.3. The lowest BCUT2D eigenvalue weighted by Crippen LogP contribution is -2.39. The van der Waals surface area contributed by atoms with Crippen molar-refractivity contribution in [2.24, 2.45) is 5.10 Å². The van der Waals surface area contributed by atoms with Gasteiger partial charge in [0.25, 0.3) is 11.6 Å². The number of hydrogen-bond acceptors (Lipinski definition) is 7. The Balaban J connectivity index is 2.21. The zero-order valence-corrected chi connectivity index (χ0v) is 17.0. The minimum atomic E-state index is -3.86. The van der Waals surface area contributed by atoms with Crippen LogP contribution in [0.3, 0.4) is 0 Å². The number of sulfonamides is 1. The predicted octanol–water partition coefficient (Wildman–Crippen LogP) is 2.17. The maximum Gasteiger partial charge on any atom is 0.278 e. The number of para-hydroxylation sites is 1. The molecule has 1 amide bonds. The quantitative estimate of drug-likeness (QED) is 0.380. The highest BCUT2D eigenvalue weighted by Crippen LogP contribution is 2.32. The first-order valence-corrected chi connectivity index (χ1v) is 10.2. The number of rotatable bonds is 8. The average molecular weight is 441 g/mol. The van der Waals surface area contributed by atoms with Crippen molar-refractivity contribution >= 4 is 45.1 Å². The van der Waals surface area contributed by atoms with Gasteiger partial charge in [0.1, 0.15) is 12.3 Å². The van der Waals surface area contributed by atoms with Gasteiger partial charge in [0, 0.05) is 11.1 Å². The summed E-state index contributed by atoms with van der Waals surface area (Å²) in [7, 11) is -2.51. The molecule has 12 heteroatoms. The standard InChI is InChI=1S/C17H17ClN4O6S/c1-28-16-8-7-13(18)9-15(16)21(29(2,26)27)11-17(23)20-19-10-12-5-3-4-6-14(12)22(24)25/h3-10H,11H2,1-2H3,(H,20,23)/b19-10-. The number of nitro groups is 1. The van der Waals surface area contributed by atoms with E-state index in [4.69, 9.17) is 16.3 Å². The fraction of sp³-hybridized carbons (Fsp3) is 0.176. The van der Waals surface area contributed by atoms with Crippen LogP contribution in [0, 0.1) is 10.1 Å². The van der Waals surface area contributed by atoms with Crippen LogP contribution >= 0.6 is 11.6 Å². The second kappa shape index (κ2) is 9.34. The van der Waals surface area contributed by atoms with Crippen LogP contribution in [0.15, 0.2) is 47.6 Å². The Bertz CT molecular complexity index is 1060. The van der Waals surface area contributed by atoms with Crippen molar-refractivity contribution in [3.8, 4) is 5.75 Å². The summed E-state index contributed by atoms with van der Waals surface area (Å²) in [5.74, 6) is -0.566. The molecule has 29 heavy (non-hydrogen) atoms. The second-order valence-corrected chi connectivity index (χ2v) is 8.04. The number of benzene rings is 2. The Labute approximate surface area is 171 Å². The van der Waals surface area contributed by atoms with Crippen LogP contribution in [-0.4, -0.2) is 45.4 Å². The van der Waals surface area contributed by atoms with E-state index in [-0.39, 0.29) is 27.7 Å². The lowest BCUT2D eigenvalue weighted by atomic mass is 10.2. The van der Waals surface area contributed by atoms with Crippen molar-refractivity contribution in [2.45, 2.75) is 0 Å². The normalized spacial score (nSPS) is 11.3. The highest BCUT2D eigenvalue weighted by Gasteiger charge is 2.24. The van der Waals surface area contributed by atoms with Gasteiger partial charge >= 0.3 is 0 Å². The van der Waals surface area contributed by atoms with E-state index in [1.54, 1.807) is 6.07 Å². The van der Waals surface area contributed by atoms with Crippen LogP contribution in [-0.2, 0) is 14.8 Å². The smallest absolute Gasteiger partial charge is 0.278 e. The average Bonchev–Trinajstić information content (AvgIpc) is 2.65. The third kappa shape index (κ3) is 5.90. The molecular weight excluding hydrogens is 424 g/mol. The largest absolute Gasteiger partial charge is 0.495 e. The van der Waals surface area contributed by atoms with Crippen LogP contribution in [0.5, 0.6) is 5.75 Å². The van der Waals surface area contributed by atoms with Crippen LogP contribution in [0.25, 0.3) is 0 Å². The number of methoxy groups -OCH3 is 1. The lowest BCUT2D eigenvalue weighted by Gasteiger charge is -2.23. The van der Waals surface area contributed by atoms with E-state index >= 15 is 0 Å². The molecule has 0 aromatic heterocycles. The number of hydrazone groups is 1. The van der Waals surface area contributed by atoms with E-state index in [0.29, 0.717) is 0 Å². The highest BCUT2D eigenvalue weighted by atomic mass is 35.5. The van der Waals surface area contributed by atoms with Gasteiger partial charge in [0.2, 0.25) is 10.0 Å². The second-order valence-electron chi connectivity index (χ2n) is 5.69. The van der Waals surface area contributed by atoms with Crippen molar-refractivity contribution in [3.05, 3.63) is 63.2 Å². The van der Waals surface area contributed by atoms with Gasteiger partial charge in [0.05, 0.1) is 35.8 Å². The summed E-state index contributed by atoms with van der Waals surface area (Å²) in [5, 5.41) is 14.9. The van der Waals surface area contributed by atoms with Gasteiger partial charge in [-0.05, 0) is 24.3 Å². The molecule has 2 aromatic carbocycles. The molecule has 0 saturated heterocycles. The van der Waals surface area contributed by atoms with Crippen LogP contribution in [0.4, 0.5) is 11.4 Å². The maximum absolute atomic E-state index is 12.2. The molecule has 0 heterocycles. The number of nitrogens with zero attached hydrogens (tertiary/aromatic N) is 3. The summed E-state index contributed by atoms with van der Waals surface area (Å²) in [4.78, 5) is 22.6. The molecule has 10 nitrogen and oxygen atoms in total. The topological polar surface area (TPSA) is 131 Å². The molecule has 0 aliphatic carbocycles. The minimum absolute atomic E-state index is 0.0836. The molecule has 0 radical (unpaired) electrons. The van der Waals surface area contributed by atoms with E-state index in [1.807, 2.05) is 0 Å².